The molecule has 2 aromatic rings. The minimum absolute atomic E-state index is 0.140. The van der Waals surface area contributed by atoms with E-state index in [9.17, 15) is 9.59 Å². The van der Waals surface area contributed by atoms with Crippen molar-refractivity contribution in [2.24, 2.45) is 12.8 Å². The largest absolute Gasteiger partial charge is 0.366 e. The number of carbonyl (C=O) groups excluding carboxylic acids is 2. The summed E-state index contributed by atoms with van der Waals surface area (Å²) in [5, 5.41) is 7.16. The van der Waals surface area contributed by atoms with E-state index in [0.717, 1.165) is 11.3 Å². The van der Waals surface area contributed by atoms with Gasteiger partial charge in [0, 0.05) is 23.7 Å². The molecule has 1 aromatic heterocycles. The van der Waals surface area contributed by atoms with Crippen molar-refractivity contribution in [3.63, 3.8) is 0 Å². The van der Waals surface area contributed by atoms with E-state index in [2.05, 4.69) is 10.4 Å². The summed E-state index contributed by atoms with van der Waals surface area (Å²) in [7, 11) is 1.73. The van der Waals surface area contributed by atoms with E-state index < -0.39 is 5.91 Å². The standard InChI is InChI=1S/C17H22N4O2/c1-10-6-7-11(8-12(10)15(18)22)19-16(23)13-9-14(17(2,3)4)20-21(13)5/h6-9H,1-5H3,(H2,18,22)(H,19,23). The lowest BCUT2D eigenvalue weighted by molar-refractivity contribution is 0.0994. The first-order chi connectivity index (χ1) is 10.6. The number of nitrogens with two attached hydrogens (primary N) is 1. The van der Waals surface area contributed by atoms with Crippen LogP contribution in [0.3, 0.4) is 0 Å². The van der Waals surface area contributed by atoms with E-state index >= 15 is 0 Å². The molecule has 0 saturated carbocycles. The van der Waals surface area contributed by atoms with E-state index in [4.69, 9.17) is 5.73 Å². The summed E-state index contributed by atoms with van der Waals surface area (Å²) in [6.45, 7) is 7.91. The number of hydrogen-bond acceptors (Lipinski definition) is 3. The topological polar surface area (TPSA) is 90.0 Å². The summed E-state index contributed by atoms with van der Waals surface area (Å²) < 4.78 is 1.55. The zero-order valence-corrected chi connectivity index (χ0v) is 14.1. The van der Waals surface area contributed by atoms with Crippen LogP contribution in [0.25, 0.3) is 0 Å². The van der Waals surface area contributed by atoms with Crippen molar-refractivity contribution in [1.29, 1.82) is 0 Å². The maximum Gasteiger partial charge on any atom is 0.273 e. The number of aryl methyl sites for hydroxylation is 2. The molecule has 6 nitrogen and oxygen atoms in total. The Kier molecular flexibility index (Phi) is 4.27. The van der Waals surface area contributed by atoms with E-state index in [1.807, 2.05) is 20.8 Å². The molecule has 2 rings (SSSR count). The van der Waals surface area contributed by atoms with Crippen LogP contribution in [-0.2, 0) is 12.5 Å². The maximum atomic E-state index is 12.5. The number of rotatable bonds is 3. The molecule has 0 saturated heterocycles. The van der Waals surface area contributed by atoms with Gasteiger partial charge in [0.2, 0.25) is 5.91 Å². The van der Waals surface area contributed by atoms with E-state index in [0.29, 0.717) is 16.9 Å². The molecule has 1 aromatic carbocycles. The smallest absolute Gasteiger partial charge is 0.273 e. The highest BCUT2D eigenvalue weighted by Crippen LogP contribution is 2.22. The average molecular weight is 314 g/mol. The minimum atomic E-state index is -0.519. The SMILES string of the molecule is Cc1ccc(NC(=O)c2cc(C(C)(C)C)nn2C)cc1C(N)=O. The Balaban J connectivity index is 2.28. The second-order valence-corrected chi connectivity index (χ2v) is 6.64. The van der Waals surface area contributed by atoms with Gasteiger partial charge in [0.25, 0.3) is 5.91 Å². The first-order valence-corrected chi connectivity index (χ1v) is 7.36. The van der Waals surface area contributed by atoms with Gasteiger partial charge in [-0.15, -0.1) is 0 Å². The molecule has 6 heteroatoms. The number of carbonyl (C=O) groups is 2. The molecule has 0 unspecified atom stereocenters. The number of nitrogens with zero attached hydrogens (tertiary/aromatic N) is 2. The fourth-order valence-corrected chi connectivity index (χ4v) is 2.21. The van der Waals surface area contributed by atoms with Gasteiger partial charge in [0.15, 0.2) is 0 Å². The predicted molar refractivity (Wildman–Crippen MR) is 89.6 cm³/mol. The van der Waals surface area contributed by atoms with Crippen LogP contribution in [0.15, 0.2) is 24.3 Å². The van der Waals surface area contributed by atoms with Gasteiger partial charge >= 0.3 is 0 Å². The van der Waals surface area contributed by atoms with Gasteiger partial charge in [-0.25, -0.2) is 0 Å². The molecule has 0 aliphatic heterocycles. The van der Waals surface area contributed by atoms with Gasteiger partial charge in [0.1, 0.15) is 5.69 Å². The number of nitrogens with one attached hydrogen (secondary N) is 1. The monoisotopic (exact) mass is 314 g/mol. The minimum Gasteiger partial charge on any atom is -0.366 e. The zero-order chi connectivity index (χ0) is 17.4. The van der Waals surface area contributed by atoms with Crippen molar-refractivity contribution in [3.05, 3.63) is 46.8 Å². The highest BCUT2D eigenvalue weighted by Gasteiger charge is 2.21. The molecule has 0 radical (unpaired) electrons. The van der Waals surface area contributed by atoms with Crippen LogP contribution in [0.1, 0.15) is 52.9 Å². The van der Waals surface area contributed by atoms with Crippen molar-refractivity contribution in [1.82, 2.24) is 9.78 Å². The second-order valence-electron chi connectivity index (χ2n) is 6.64. The Morgan fingerprint density at radius 3 is 2.39 bits per heavy atom. The highest BCUT2D eigenvalue weighted by molar-refractivity contribution is 6.04. The predicted octanol–water partition coefficient (Wildman–Crippen LogP) is 2.38. The molecule has 3 N–H and O–H groups in total. The Hall–Kier alpha value is -2.63. The Morgan fingerprint density at radius 1 is 1.22 bits per heavy atom. The first-order valence-electron chi connectivity index (χ1n) is 7.36. The number of aromatic nitrogens is 2. The second kappa shape index (κ2) is 5.87. The van der Waals surface area contributed by atoms with E-state index in [-0.39, 0.29) is 11.3 Å². The quantitative estimate of drug-likeness (QED) is 0.911. The number of primary amides is 1. The third kappa shape index (κ3) is 3.59. The summed E-state index contributed by atoms with van der Waals surface area (Å²) in [6.07, 6.45) is 0. The summed E-state index contributed by atoms with van der Waals surface area (Å²) in [5.74, 6) is -0.802. The molecule has 0 spiro atoms. The van der Waals surface area contributed by atoms with Gasteiger partial charge in [-0.2, -0.15) is 5.10 Å². The molecule has 0 aliphatic rings. The van der Waals surface area contributed by atoms with Gasteiger partial charge < -0.3 is 11.1 Å². The fraction of sp³-hybridized carbons (Fsp3) is 0.353. The van der Waals surface area contributed by atoms with Crippen LogP contribution >= 0.6 is 0 Å². The summed E-state index contributed by atoms with van der Waals surface area (Å²) in [6, 6.07) is 6.84. The molecule has 0 aliphatic carbocycles. The van der Waals surface area contributed by atoms with Crippen LogP contribution in [0.5, 0.6) is 0 Å². The molecule has 0 bridgehead atoms. The number of anilines is 1. The van der Waals surface area contributed by atoms with Crippen molar-refractivity contribution < 1.29 is 9.59 Å². The van der Waals surface area contributed by atoms with Crippen LogP contribution in [0.4, 0.5) is 5.69 Å². The lowest BCUT2D eigenvalue weighted by Crippen LogP contribution is -2.17. The number of amides is 2. The van der Waals surface area contributed by atoms with Gasteiger partial charge in [-0.05, 0) is 30.7 Å². The molecule has 2 amide bonds. The molecule has 23 heavy (non-hydrogen) atoms. The normalized spacial score (nSPS) is 11.3. The molecule has 0 atom stereocenters. The third-order valence-corrected chi connectivity index (χ3v) is 3.64. The van der Waals surface area contributed by atoms with Gasteiger partial charge in [-0.3, -0.25) is 14.3 Å². The number of benzene rings is 1. The molecule has 122 valence electrons. The van der Waals surface area contributed by atoms with Crippen LogP contribution in [-0.4, -0.2) is 21.6 Å². The highest BCUT2D eigenvalue weighted by atomic mass is 16.2. The summed E-state index contributed by atoms with van der Waals surface area (Å²) >= 11 is 0. The van der Waals surface area contributed by atoms with E-state index in [1.165, 1.54) is 0 Å². The van der Waals surface area contributed by atoms with Gasteiger partial charge in [0.05, 0.1) is 5.69 Å². The lowest BCUT2D eigenvalue weighted by atomic mass is 9.92. The third-order valence-electron chi connectivity index (χ3n) is 3.64. The zero-order valence-electron chi connectivity index (χ0n) is 14.1. The fourth-order valence-electron chi connectivity index (χ4n) is 2.21. The van der Waals surface area contributed by atoms with Crippen molar-refractivity contribution in [2.75, 3.05) is 5.32 Å². The Bertz CT molecular complexity index is 769. The molecular weight excluding hydrogens is 292 g/mol. The molecular formula is C17H22N4O2. The van der Waals surface area contributed by atoms with Crippen molar-refractivity contribution in [2.45, 2.75) is 33.1 Å². The average Bonchev–Trinajstić information content (AvgIpc) is 2.82. The Morgan fingerprint density at radius 2 is 1.87 bits per heavy atom. The van der Waals surface area contributed by atoms with Crippen LogP contribution < -0.4 is 11.1 Å². The Labute approximate surface area is 135 Å². The number of hydrogen-bond donors (Lipinski definition) is 2. The summed E-state index contributed by atoms with van der Waals surface area (Å²) in [5.41, 5.74) is 8.17. The van der Waals surface area contributed by atoms with Crippen molar-refractivity contribution in [3.8, 4) is 0 Å². The molecule has 0 fully saturated rings. The lowest BCUT2D eigenvalue weighted by Gasteiger charge is -2.13. The molecule has 1 heterocycles. The maximum absolute atomic E-state index is 12.5. The van der Waals surface area contributed by atoms with Gasteiger partial charge in [-0.1, -0.05) is 26.8 Å². The van der Waals surface area contributed by atoms with Crippen LogP contribution in [0, 0.1) is 6.92 Å². The van der Waals surface area contributed by atoms with Crippen molar-refractivity contribution >= 4 is 17.5 Å². The van der Waals surface area contributed by atoms with Crippen LogP contribution in [0.2, 0.25) is 0 Å². The first kappa shape index (κ1) is 16.7. The summed E-state index contributed by atoms with van der Waals surface area (Å²) in [4.78, 5) is 23.8. The van der Waals surface area contributed by atoms with E-state index in [1.54, 1.807) is 42.9 Å².